The molecular formula is C28H22N4O4. The molecule has 0 fully saturated rings. The van der Waals surface area contributed by atoms with E-state index in [2.05, 4.69) is 4.98 Å². The molecule has 178 valence electrons. The summed E-state index contributed by atoms with van der Waals surface area (Å²) in [6.45, 7) is -0.211. The molecular weight excluding hydrogens is 456 g/mol. The highest BCUT2D eigenvalue weighted by Crippen LogP contribution is 2.34. The van der Waals surface area contributed by atoms with E-state index in [4.69, 9.17) is 14.3 Å². The average Bonchev–Trinajstić information content (AvgIpc) is 3.54. The van der Waals surface area contributed by atoms with Crippen molar-refractivity contribution >= 4 is 33.7 Å². The summed E-state index contributed by atoms with van der Waals surface area (Å²) in [5, 5.41) is 6.93. The zero-order chi connectivity index (χ0) is 24.6. The summed E-state index contributed by atoms with van der Waals surface area (Å²) in [5.41, 5.74) is 3.48. The van der Waals surface area contributed by atoms with Crippen molar-refractivity contribution in [3.63, 3.8) is 0 Å². The molecule has 0 bridgehead atoms. The smallest absolute Gasteiger partial charge is 0.297 e. The number of rotatable bonds is 5. The number of furan rings is 1. The van der Waals surface area contributed by atoms with Gasteiger partial charge >= 0.3 is 0 Å². The highest BCUT2D eigenvalue weighted by Gasteiger charge is 2.33. The van der Waals surface area contributed by atoms with Crippen LogP contribution in [0.5, 0.6) is 5.75 Å². The van der Waals surface area contributed by atoms with E-state index < -0.39 is 5.56 Å². The van der Waals surface area contributed by atoms with E-state index in [-0.39, 0.29) is 24.1 Å². The number of para-hydroxylation sites is 1. The molecule has 1 amide bonds. The SMILES string of the molecule is COc1ccc(C2CC(c3ccccc3)=NN2C(=O)Cn2cnc3c(oc4ccccc43)c2=O)cc1. The highest BCUT2D eigenvalue weighted by atomic mass is 16.5. The number of fused-ring (bicyclic) bond motifs is 3. The summed E-state index contributed by atoms with van der Waals surface area (Å²) in [7, 11) is 1.61. The summed E-state index contributed by atoms with van der Waals surface area (Å²) in [6, 6.07) is 24.4. The lowest BCUT2D eigenvalue weighted by atomic mass is 9.98. The molecule has 1 atom stereocenters. The van der Waals surface area contributed by atoms with Gasteiger partial charge in [-0.15, -0.1) is 0 Å². The van der Waals surface area contributed by atoms with Crippen molar-refractivity contribution in [1.29, 1.82) is 0 Å². The fourth-order valence-electron chi connectivity index (χ4n) is 4.58. The van der Waals surface area contributed by atoms with Crippen LogP contribution in [-0.4, -0.2) is 33.3 Å². The predicted octanol–water partition coefficient (Wildman–Crippen LogP) is 4.53. The van der Waals surface area contributed by atoms with E-state index in [1.54, 1.807) is 13.2 Å². The first-order valence-corrected chi connectivity index (χ1v) is 11.6. The van der Waals surface area contributed by atoms with Gasteiger partial charge in [0.15, 0.2) is 0 Å². The third-order valence-electron chi connectivity index (χ3n) is 6.43. The summed E-state index contributed by atoms with van der Waals surface area (Å²) in [5.74, 6) is 0.414. The van der Waals surface area contributed by atoms with Crippen molar-refractivity contribution in [2.75, 3.05) is 7.11 Å². The second-order valence-electron chi connectivity index (χ2n) is 8.60. The van der Waals surface area contributed by atoms with Crippen LogP contribution >= 0.6 is 0 Å². The van der Waals surface area contributed by atoms with Gasteiger partial charge in [0.1, 0.15) is 23.4 Å². The molecule has 0 saturated carbocycles. The molecule has 1 unspecified atom stereocenters. The number of ether oxygens (including phenoxy) is 1. The summed E-state index contributed by atoms with van der Waals surface area (Å²) < 4.78 is 12.3. The Morgan fingerprint density at radius 1 is 1.03 bits per heavy atom. The van der Waals surface area contributed by atoms with E-state index in [1.165, 1.54) is 15.9 Å². The van der Waals surface area contributed by atoms with Gasteiger partial charge < -0.3 is 9.15 Å². The van der Waals surface area contributed by atoms with Gasteiger partial charge in [-0.1, -0.05) is 54.6 Å². The second kappa shape index (κ2) is 8.81. The van der Waals surface area contributed by atoms with E-state index in [9.17, 15) is 9.59 Å². The van der Waals surface area contributed by atoms with Crippen LogP contribution in [0.1, 0.15) is 23.6 Å². The van der Waals surface area contributed by atoms with Gasteiger partial charge in [0, 0.05) is 11.8 Å². The number of hydrogen-bond acceptors (Lipinski definition) is 6. The number of carbonyl (C=O) groups excluding carboxylic acids is 1. The molecule has 3 aromatic carbocycles. The molecule has 36 heavy (non-hydrogen) atoms. The van der Waals surface area contributed by atoms with Crippen LogP contribution in [0, 0.1) is 0 Å². The number of hydrogen-bond donors (Lipinski definition) is 0. The minimum atomic E-state index is -0.406. The number of aromatic nitrogens is 2. The van der Waals surface area contributed by atoms with Crippen LogP contribution in [0.15, 0.2) is 99.5 Å². The van der Waals surface area contributed by atoms with E-state index in [1.807, 2.05) is 72.8 Å². The van der Waals surface area contributed by atoms with Crippen LogP contribution in [0.25, 0.3) is 22.1 Å². The summed E-state index contributed by atoms with van der Waals surface area (Å²) in [6.07, 6.45) is 1.95. The quantitative estimate of drug-likeness (QED) is 0.370. The maximum atomic E-state index is 13.5. The second-order valence-corrected chi connectivity index (χ2v) is 8.60. The molecule has 8 nitrogen and oxygen atoms in total. The third-order valence-corrected chi connectivity index (χ3v) is 6.43. The normalized spacial score (nSPS) is 15.4. The van der Waals surface area contributed by atoms with Gasteiger partial charge in [0.2, 0.25) is 5.58 Å². The van der Waals surface area contributed by atoms with Crippen molar-refractivity contribution in [3.05, 3.63) is 107 Å². The van der Waals surface area contributed by atoms with E-state index >= 15 is 0 Å². The first-order valence-electron chi connectivity index (χ1n) is 11.6. The topological polar surface area (TPSA) is 89.9 Å². The first-order chi connectivity index (χ1) is 17.6. The molecule has 3 heterocycles. The van der Waals surface area contributed by atoms with E-state index in [0.29, 0.717) is 17.5 Å². The zero-order valence-corrected chi connectivity index (χ0v) is 19.5. The Bertz CT molecular complexity index is 1670. The van der Waals surface area contributed by atoms with Crippen LogP contribution in [0.4, 0.5) is 0 Å². The molecule has 0 spiro atoms. The van der Waals surface area contributed by atoms with Crippen molar-refractivity contribution in [1.82, 2.24) is 14.6 Å². The average molecular weight is 479 g/mol. The Morgan fingerprint density at radius 2 is 1.78 bits per heavy atom. The number of nitrogens with zero attached hydrogens (tertiary/aromatic N) is 4. The Hall–Kier alpha value is -4.72. The lowest BCUT2D eigenvalue weighted by molar-refractivity contribution is -0.133. The largest absolute Gasteiger partial charge is 0.497 e. The minimum absolute atomic E-state index is 0.133. The van der Waals surface area contributed by atoms with Crippen molar-refractivity contribution < 1.29 is 13.9 Å². The van der Waals surface area contributed by atoms with Gasteiger partial charge in [-0.05, 0) is 35.4 Å². The Morgan fingerprint density at radius 3 is 2.56 bits per heavy atom. The molecule has 1 aliphatic heterocycles. The molecule has 2 aromatic heterocycles. The highest BCUT2D eigenvalue weighted by molar-refractivity contribution is 6.03. The number of methoxy groups -OCH3 is 1. The van der Waals surface area contributed by atoms with Gasteiger partial charge in [-0.25, -0.2) is 9.99 Å². The van der Waals surface area contributed by atoms with Crippen LogP contribution in [0.2, 0.25) is 0 Å². The first kappa shape index (κ1) is 21.8. The standard InChI is InChI=1S/C28H22N4O4/c1-35-20-13-11-19(12-14-20)23-15-22(18-7-3-2-4-8-18)30-32(23)25(33)16-31-17-29-26-21-9-5-6-10-24(21)36-27(26)28(31)34/h2-14,17,23H,15-16H2,1H3. The van der Waals surface area contributed by atoms with E-state index in [0.717, 1.165) is 28.0 Å². The summed E-state index contributed by atoms with van der Waals surface area (Å²) in [4.78, 5) is 31.1. The predicted molar refractivity (Wildman–Crippen MR) is 136 cm³/mol. The number of amides is 1. The molecule has 6 rings (SSSR count). The minimum Gasteiger partial charge on any atom is -0.497 e. The lowest BCUT2D eigenvalue weighted by Crippen LogP contribution is -2.34. The Balaban J connectivity index is 1.35. The molecule has 0 aliphatic carbocycles. The Labute approximate surface area is 206 Å². The van der Waals surface area contributed by atoms with Crippen molar-refractivity contribution in [2.45, 2.75) is 19.0 Å². The van der Waals surface area contributed by atoms with Gasteiger partial charge in [0.05, 0.1) is 25.2 Å². The number of hydrazone groups is 1. The van der Waals surface area contributed by atoms with Gasteiger partial charge in [0.25, 0.3) is 11.5 Å². The fourth-order valence-corrected chi connectivity index (χ4v) is 4.58. The molecule has 0 radical (unpaired) electrons. The van der Waals surface area contributed by atoms with Crippen molar-refractivity contribution in [3.8, 4) is 5.75 Å². The number of benzene rings is 3. The summed E-state index contributed by atoms with van der Waals surface area (Å²) >= 11 is 0. The van der Waals surface area contributed by atoms with Crippen molar-refractivity contribution in [2.24, 2.45) is 5.10 Å². The monoisotopic (exact) mass is 478 g/mol. The van der Waals surface area contributed by atoms with Crippen LogP contribution < -0.4 is 10.3 Å². The Kier molecular flexibility index (Phi) is 5.33. The van der Waals surface area contributed by atoms with Gasteiger partial charge in [-0.3, -0.25) is 14.2 Å². The maximum Gasteiger partial charge on any atom is 0.297 e. The lowest BCUT2D eigenvalue weighted by Gasteiger charge is -2.22. The molecule has 8 heteroatoms. The zero-order valence-electron chi connectivity index (χ0n) is 19.5. The van der Waals surface area contributed by atoms with Gasteiger partial charge in [-0.2, -0.15) is 5.10 Å². The molecule has 0 saturated heterocycles. The van der Waals surface area contributed by atoms with Crippen LogP contribution in [0.3, 0.4) is 0 Å². The van der Waals surface area contributed by atoms with Crippen LogP contribution in [-0.2, 0) is 11.3 Å². The molecule has 0 N–H and O–H groups in total. The maximum absolute atomic E-state index is 13.5. The number of carbonyl (C=O) groups is 1. The fraction of sp³-hybridized carbons (Fsp3) is 0.143. The molecule has 1 aliphatic rings. The third kappa shape index (κ3) is 3.73. The molecule has 5 aromatic rings.